The summed E-state index contributed by atoms with van der Waals surface area (Å²) < 4.78 is 32.0. The molecule has 0 unspecified atom stereocenters. The minimum atomic E-state index is -1.05. The van der Waals surface area contributed by atoms with Crippen LogP contribution in [-0.4, -0.2) is 23.6 Å². The maximum atomic E-state index is 13.6. The molecule has 0 atom stereocenters. The van der Waals surface area contributed by atoms with Gasteiger partial charge in [0.2, 0.25) is 0 Å². The largest absolute Gasteiger partial charge is 0.489 e. The molecule has 0 saturated carbocycles. The van der Waals surface area contributed by atoms with Gasteiger partial charge in [-0.25, -0.2) is 13.6 Å². The Kier molecular flexibility index (Phi) is 7.47. The number of aromatic carboxylic acids is 1. The van der Waals surface area contributed by atoms with Crippen molar-refractivity contribution in [3.05, 3.63) is 88.6 Å². The average Bonchev–Trinajstić information content (AvgIpc) is 2.70. The number of ether oxygens (including phenoxy) is 1. The second-order valence-corrected chi connectivity index (χ2v) is 6.09. The number of nitrogens with two attached hydrogens (primary N) is 1. The number of rotatable bonds is 8. The minimum Gasteiger partial charge on any atom is -0.489 e. The molecule has 0 heterocycles. The highest BCUT2D eigenvalue weighted by atomic mass is 19.1. The van der Waals surface area contributed by atoms with E-state index in [-0.39, 0.29) is 24.3 Å². The molecule has 0 aliphatic heterocycles. The van der Waals surface area contributed by atoms with Crippen LogP contribution < -0.4 is 15.8 Å². The summed E-state index contributed by atoms with van der Waals surface area (Å²) in [5, 5.41) is 11.6. The van der Waals surface area contributed by atoms with E-state index in [1.165, 1.54) is 36.4 Å². The van der Waals surface area contributed by atoms with E-state index < -0.39 is 23.5 Å². The van der Waals surface area contributed by atoms with Crippen LogP contribution in [0.25, 0.3) is 0 Å². The van der Waals surface area contributed by atoms with E-state index in [0.29, 0.717) is 23.1 Å². The number of allylic oxidation sites excluding steroid dienone is 2. The number of carboxylic acids is 1. The molecule has 152 valence electrons. The van der Waals surface area contributed by atoms with Gasteiger partial charge in [-0.15, -0.1) is 0 Å². The first kappa shape index (κ1) is 21.6. The van der Waals surface area contributed by atoms with Gasteiger partial charge in [-0.05, 0) is 60.5 Å². The summed E-state index contributed by atoms with van der Waals surface area (Å²) in [6.07, 6.45) is 1.65. The molecule has 0 fully saturated rings. The Balaban J connectivity index is 2.08. The van der Waals surface area contributed by atoms with Gasteiger partial charge in [0.25, 0.3) is 5.91 Å². The number of carboxylic acid groups (broad SMARTS) is 1. The summed E-state index contributed by atoms with van der Waals surface area (Å²) in [5.74, 6) is -2.59. The Labute approximate surface area is 166 Å². The molecule has 0 aliphatic carbocycles. The molecule has 4 N–H and O–H groups in total. The normalized spacial score (nSPS) is 11.8. The SMILES string of the molecule is Cc1cc(C(=O)O)ccc1CNC(=O)/C(=C/C(F)=C\N)COc1ccc(F)cc1. The van der Waals surface area contributed by atoms with Crippen molar-refractivity contribution in [2.24, 2.45) is 5.73 Å². The summed E-state index contributed by atoms with van der Waals surface area (Å²) in [7, 11) is 0. The molecule has 0 aromatic heterocycles. The summed E-state index contributed by atoms with van der Waals surface area (Å²) in [4.78, 5) is 23.5. The Hall–Kier alpha value is -3.68. The zero-order chi connectivity index (χ0) is 21.4. The summed E-state index contributed by atoms with van der Waals surface area (Å²) in [6.45, 7) is 1.56. The lowest BCUT2D eigenvalue weighted by molar-refractivity contribution is -0.118. The van der Waals surface area contributed by atoms with E-state index in [1.807, 2.05) is 0 Å². The molecule has 0 radical (unpaired) electrons. The first-order valence-corrected chi connectivity index (χ1v) is 8.57. The van der Waals surface area contributed by atoms with Crippen molar-refractivity contribution in [1.29, 1.82) is 0 Å². The standard InChI is InChI=1S/C21H20F2N2O4/c1-13-8-14(21(27)28)2-3-15(13)11-25-20(26)16(9-18(23)10-24)12-29-19-6-4-17(22)5-7-19/h2-10H,11-12,24H2,1H3,(H,25,26)(H,27,28)/b16-9+,18-10+. The summed E-state index contributed by atoms with van der Waals surface area (Å²) in [6, 6.07) is 9.68. The van der Waals surface area contributed by atoms with Gasteiger partial charge in [-0.1, -0.05) is 6.07 Å². The van der Waals surface area contributed by atoms with Crippen LogP contribution in [0, 0.1) is 12.7 Å². The second-order valence-electron chi connectivity index (χ2n) is 6.09. The lowest BCUT2D eigenvalue weighted by Gasteiger charge is -2.12. The van der Waals surface area contributed by atoms with E-state index in [9.17, 15) is 18.4 Å². The van der Waals surface area contributed by atoms with Gasteiger partial charge in [-0.3, -0.25) is 4.79 Å². The van der Waals surface area contributed by atoms with Gasteiger partial charge < -0.3 is 20.9 Å². The third-order valence-corrected chi connectivity index (χ3v) is 4.00. The number of nitrogens with one attached hydrogen (secondary N) is 1. The average molecular weight is 402 g/mol. The van der Waals surface area contributed by atoms with Gasteiger partial charge in [0.05, 0.1) is 11.1 Å². The van der Waals surface area contributed by atoms with Gasteiger partial charge in [0.15, 0.2) is 0 Å². The van der Waals surface area contributed by atoms with Gasteiger partial charge in [-0.2, -0.15) is 0 Å². The van der Waals surface area contributed by atoms with Crippen molar-refractivity contribution < 1.29 is 28.2 Å². The van der Waals surface area contributed by atoms with Crippen molar-refractivity contribution in [2.45, 2.75) is 13.5 Å². The molecule has 1 amide bonds. The predicted molar refractivity (Wildman–Crippen MR) is 103 cm³/mol. The third kappa shape index (κ3) is 6.46. The third-order valence-electron chi connectivity index (χ3n) is 4.00. The van der Waals surface area contributed by atoms with Crippen LogP contribution in [0.4, 0.5) is 8.78 Å². The monoisotopic (exact) mass is 402 g/mol. The molecule has 2 aromatic carbocycles. The molecule has 29 heavy (non-hydrogen) atoms. The van der Waals surface area contributed by atoms with E-state index in [2.05, 4.69) is 5.32 Å². The zero-order valence-electron chi connectivity index (χ0n) is 15.6. The molecule has 2 rings (SSSR count). The highest BCUT2D eigenvalue weighted by Gasteiger charge is 2.13. The van der Waals surface area contributed by atoms with Crippen LogP contribution in [-0.2, 0) is 11.3 Å². The number of benzene rings is 2. The topological polar surface area (TPSA) is 102 Å². The van der Waals surface area contributed by atoms with Crippen LogP contribution in [0.3, 0.4) is 0 Å². The first-order chi connectivity index (χ1) is 13.8. The molecular formula is C21H20F2N2O4. The van der Waals surface area contributed by atoms with Crippen molar-refractivity contribution in [2.75, 3.05) is 6.61 Å². The summed E-state index contributed by atoms with van der Waals surface area (Å²) >= 11 is 0. The molecule has 0 saturated heterocycles. The Morgan fingerprint density at radius 3 is 2.48 bits per heavy atom. The molecule has 8 heteroatoms. The number of carbonyl (C=O) groups is 2. The van der Waals surface area contributed by atoms with Gasteiger partial charge in [0.1, 0.15) is 24.0 Å². The number of hydrogen-bond acceptors (Lipinski definition) is 4. The van der Waals surface area contributed by atoms with E-state index in [1.54, 1.807) is 13.0 Å². The Morgan fingerprint density at radius 2 is 1.90 bits per heavy atom. The van der Waals surface area contributed by atoms with Crippen LogP contribution in [0.1, 0.15) is 21.5 Å². The Morgan fingerprint density at radius 1 is 1.21 bits per heavy atom. The molecule has 2 aromatic rings. The molecular weight excluding hydrogens is 382 g/mol. The number of halogens is 2. The zero-order valence-corrected chi connectivity index (χ0v) is 15.6. The van der Waals surface area contributed by atoms with Gasteiger partial charge >= 0.3 is 5.97 Å². The number of aryl methyl sites for hydroxylation is 1. The van der Waals surface area contributed by atoms with Crippen LogP contribution in [0.5, 0.6) is 5.75 Å². The van der Waals surface area contributed by atoms with E-state index in [4.69, 9.17) is 15.6 Å². The number of hydrogen-bond donors (Lipinski definition) is 3. The van der Waals surface area contributed by atoms with E-state index in [0.717, 1.165) is 6.08 Å². The number of carbonyl (C=O) groups excluding carboxylic acids is 1. The summed E-state index contributed by atoms with van der Waals surface area (Å²) in [5.41, 5.74) is 6.62. The van der Waals surface area contributed by atoms with E-state index >= 15 is 0 Å². The fourth-order valence-corrected chi connectivity index (χ4v) is 2.40. The minimum absolute atomic E-state index is 0.0339. The first-order valence-electron chi connectivity index (χ1n) is 8.57. The van der Waals surface area contributed by atoms with Gasteiger partial charge in [0, 0.05) is 12.7 Å². The van der Waals surface area contributed by atoms with Crippen molar-refractivity contribution in [3.63, 3.8) is 0 Å². The van der Waals surface area contributed by atoms with Crippen LogP contribution >= 0.6 is 0 Å². The quantitative estimate of drug-likeness (QED) is 0.465. The van der Waals surface area contributed by atoms with Crippen LogP contribution in [0.2, 0.25) is 0 Å². The lowest BCUT2D eigenvalue weighted by atomic mass is 10.0. The maximum absolute atomic E-state index is 13.6. The van der Waals surface area contributed by atoms with Crippen LogP contribution in [0.15, 0.2) is 66.1 Å². The second kappa shape index (κ2) is 10.0. The lowest BCUT2D eigenvalue weighted by Crippen LogP contribution is -2.27. The highest BCUT2D eigenvalue weighted by molar-refractivity contribution is 5.94. The molecule has 0 aliphatic rings. The van der Waals surface area contributed by atoms with Crippen molar-refractivity contribution >= 4 is 11.9 Å². The van der Waals surface area contributed by atoms with Crippen molar-refractivity contribution in [3.8, 4) is 5.75 Å². The molecule has 0 bridgehead atoms. The fourth-order valence-electron chi connectivity index (χ4n) is 2.40. The number of amides is 1. The maximum Gasteiger partial charge on any atom is 0.335 e. The van der Waals surface area contributed by atoms with Crippen molar-refractivity contribution in [1.82, 2.24) is 5.32 Å². The fraction of sp³-hybridized carbons (Fsp3) is 0.143. The molecule has 0 spiro atoms. The predicted octanol–water partition coefficient (Wildman–Crippen LogP) is 3.22. The smallest absolute Gasteiger partial charge is 0.335 e. The highest BCUT2D eigenvalue weighted by Crippen LogP contribution is 2.14. The molecule has 6 nitrogen and oxygen atoms in total. The Bertz CT molecular complexity index is 954.